The van der Waals surface area contributed by atoms with Crippen molar-refractivity contribution in [3.8, 4) is 0 Å². The molecule has 1 aromatic carbocycles. The highest BCUT2D eigenvalue weighted by atomic mass is 32.2. The number of ether oxygens (including phenoxy) is 1. The lowest BCUT2D eigenvalue weighted by Crippen LogP contribution is -2.17. The third-order valence-electron chi connectivity index (χ3n) is 3.21. The van der Waals surface area contributed by atoms with E-state index in [4.69, 9.17) is 4.74 Å². The summed E-state index contributed by atoms with van der Waals surface area (Å²) in [5.74, 6) is -0.138. The molecule has 1 unspecified atom stereocenters. The Morgan fingerprint density at radius 2 is 1.72 bits per heavy atom. The van der Waals surface area contributed by atoms with Gasteiger partial charge in [-0.3, -0.25) is 4.79 Å². The van der Waals surface area contributed by atoms with E-state index in [1.165, 1.54) is 27.1 Å². The minimum Gasteiger partial charge on any atom is -0.465 e. The second-order valence-corrected chi connectivity index (χ2v) is 5.95. The first kappa shape index (κ1) is 15.1. The number of carbonyl (C=O) groups excluding carboxylic acids is 1. The van der Waals surface area contributed by atoms with E-state index < -0.39 is 0 Å². The number of aryl methyl sites for hydroxylation is 2. The lowest BCUT2D eigenvalue weighted by atomic mass is 10.0. The largest absolute Gasteiger partial charge is 0.465 e. The molecule has 0 saturated heterocycles. The molecule has 0 radical (unpaired) electrons. The maximum atomic E-state index is 11.7. The van der Waals surface area contributed by atoms with Crippen LogP contribution < -0.4 is 0 Å². The van der Waals surface area contributed by atoms with Gasteiger partial charge in [-0.1, -0.05) is 6.07 Å². The molecule has 0 bridgehead atoms. The Kier molecular flexibility index (Phi) is 5.27. The number of benzene rings is 1. The molecule has 0 aliphatic heterocycles. The fourth-order valence-electron chi connectivity index (χ4n) is 1.84. The predicted octanol–water partition coefficient (Wildman–Crippen LogP) is 3.96. The molecule has 1 rings (SSSR count). The average Bonchev–Trinajstić information content (AvgIpc) is 2.32. The topological polar surface area (TPSA) is 26.3 Å². The number of hydrogen-bond acceptors (Lipinski definition) is 3. The Morgan fingerprint density at radius 3 is 2.17 bits per heavy atom. The van der Waals surface area contributed by atoms with E-state index in [9.17, 15) is 4.79 Å². The number of rotatable bonds is 4. The normalized spacial score (nSPS) is 12.3. The van der Waals surface area contributed by atoms with Crippen molar-refractivity contribution in [2.45, 2.75) is 51.7 Å². The van der Waals surface area contributed by atoms with Gasteiger partial charge in [0.2, 0.25) is 0 Å². The molecule has 18 heavy (non-hydrogen) atoms. The van der Waals surface area contributed by atoms with E-state index in [-0.39, 0.29) is 11.2 Å². The van der Waals surface area contributed by atoms with Gasteiger partial charge in [0, 0.05) is 4.90 Å². The Labute approximate surface area is 114 Å². The van der Waals surface area contributed by atoms with Gasteiger partial charge in [-0.05, 0) is 63.8 Å². The summed E-state index contributed by atoms with van der Waals surface area (Å²) >= 11 is 1.60. The van der Waals surface area contributed by atoms with Crippen molar-refractivity contribution in [3.05, 3.63) is 28.3 Å². The van der Waals surface area contributed by atoms with Crippen LogP contribution in [0.1, 0.15) is 36.1 Å². The average molecular weight is 266 g/mol. The Hall–Kier alpha value is -0.960. The van der Waals surface area contributed by atoms with E-state index in [0.29, 0.717) is 6.61 Å². The van der Waals surface area contributed by atoms with E-state index in [0.717, 1.165) is 0 Å². The SMILES string of the molecule is CCOC(=O)C(C)Sc1c(C)c(C)cc(C)c1C. The summed E-state index contributed by atoms with van der Waals surface area (Å²) in [6, 6.07) is 2.20. The predicted molar refractivity (Wildman–Crippen MR) is 77.3 cm³/mol. The first-order valence-electron chi connectivity index (χ1n) is 6.29. The van der Waals surface area contributed by atoms with Crippen molar-refractivity contribution in [1.29, 1.82) is 0 Å². The monoisotopic (exact) mass is 266 g/mol. The van der Waals surface area contributed by atoms with E-state index in [2.05, 4.69) is 33.8 Å². The molecule has 2 nitrogen and oxygen atoms in total. The van der Waals surface area contributed by atoms with Gasteiger partial charge in [-0.25, -0.2) is 0 Å². The minimum absolute atomic E-state index is 0.138. The molecule has 0 aromatic heterocycles. The summed E-state index contributed by atoms with van der Waals surface area (Å²) in [6.45, 7) is 12.6. The summed E-state index contributed by atoms with van der Waals surface area (Å²) in [7, 11) is 0. The lowest BCUT2D eigenvalue weighted by molar-refractivity contribution is -0.142. The van der Waals surface area contributed by atoms with Gasteiger partial charge < -0.3 is 4.74 Å². The zero-order valence-electron chi connectivity index (χ0n) is 12.1. The second-order valence-electron chi connectivity index (χ2n) is 4.60. The second kappa shape index (κ2) is 6.28. The first-order chi connectivity index (χ1) is 8.38. The van der Waals surface area contributed by atoms with Crippen LogP contribution in [0.3, 0.4) is 0 Å². The fraction of sp³-hybridized carbons (Fsp3) is 0.533. The van der Waals surface area contributed by atoms with Gasteiger partial charge in [0.15, 0.2) is 0 Å². The third kappa shape index (κ3) is 3.29. The summed E-state index contributed by atoms with van der Waals surface area (Å²) in [6.07, 6.45) is 0. The summed E-state index contributed by atoms with van der Waals surface area (Å²) in [5.41, 5.74) is 5.08. The van der Waals surface area contributed by atoms with Crippen LogP contribution in [0.4, 0.5) is 0 Å². The van der Waals surface area contributed by atoms with Crippen molar-refractivity contribution in [2.24, 2.45) is 0 Å². The number of thioether (sulfide) groups is 1. The molecule has 0 spiro atoms. The Bertz CT molecular complexity index is 426. The van der Waals surface area contributed by atoms with Gasteiger partial charge >= 0.3 is 5.97 Å². The molecule has 0 amide bonds. The molecular weight excluding hydrogens is 244 g/mol. The van der Waals surface area contributed by atoms with Crippen LogP contribution in [-0.2, 0) is 9.53 Å². The van der Waals surface area contributed by atoms with Crippen LogP contribution in [-0.4, -0.2) is 17.8 Å². The molecule has 0 N–H and O–H groups in total. The minimum atomic E-state index is -0.163. The van der Waals surface area contributed by atoms with Crippen LogP contribution in [0, 0.1) is 27.7 Å². The Balaban J connectivity index is 3.00. The highest BCUT2D eigenvalue weighted by Crippen LogP contribution is 2.33. The molecular formula is C15H22O2S. The molecule has 0 saturated carbocycles. The van der Waals surface area contributed by atoms with Crippen molar-refractivity contribution >= 4 is 17.7 Å². The van der Waals surface area contributed by atoms with Crippen LogP contribution in [0.15, 0.2) is 11.0 Å². The molecule has 0 aliphatic rings. The quantitative estimate of drug-likeness (QED) is 0.609. The standard InChI is InChI=1S/C15H22O2S/c1-7-17-15(16)13(6)18-14-11(4)9(2)8-10(3)12(14)5/h8,13H,7H2,1-6H3. The zero-order chi connectivity index (χ0) is 13.9. The number of hydrogen-bond donors (Lipinski definition) is 0. The van der Waals surface area contributed by atoms with Gasteiger partial charge in [0.25, 0.3) is 0 Å². The van der Waals surface area contributed by atoms with Crippen molar-refractivity contribution in [1.82, 2.24) is 0 Å². The smallest absolute Gasteiger partial charge is 0.319 e. The number of carbonyl (C=O) groups is 1. The van der Waals surface area contributed by atoms with Crippen LogP contribution in [0.25, 0.3) is 0 Å². The van der Waals surface area contributed by atoms with Crippen molar-refractivity contribution < 1.29 is 9.53 Å². The molecule has 3 heteroatoms. The fourth-order valence-corrected chi connectivity index (χ4v) is 3.04. The lowest BCUT2D eigenvalue weighted by Gasteiger charge is -2.17. The van der Waals surface area contributed by atoms with Gasteiger partial charge in [-0.15, -0.1) is 11.8 Å². The van der Waals surface area contributed by atoms with Gasteiger partial charge in [-0.2, -0.15) is 0 Å². The van der Waals surface area contributed by atoms with E-state index in [1.54, 1.807) is 11.8 Å². The molecule has 0 fully saturated rings. The van der Waals surface area contributed by atoms with E-state index in [1.807, 2.05) is 13.8 Å². The highest BCUT2D eigenvalue weighted by molar-refractivity contribution is 8.00. The molecule has 1 atom stereocenters. The molecule has 100 valence electrons. The van der Waals surface area contributed by atoms with Gasteiger partial charge in [0.1, 0.15) is 5.25 Å². The van der Waals surface area contributed by atoms with Crippen molar-refractivity contribution in [2.75, 3.05) is 6.61 Å². The van der Waals surface area contributed by atoms with Gasteiger partial charge in [0.05, 0.1) is 6.61 Å². The van der Waals surface area contributed by atoms with Crippen LogP contribution >= 0.6 is 11.8 Å². The zero-order valence-corrected chi connectivity index (χ0v) is 12.9. The highest BCUT2D eigenvalue weighted by Gasteiger charge is 2.19. The van der Waals surface area contributed by atoms with Crippen LogP contribution in [0.5, 0.6) is 0 Å². The summed E-state index contributed by atoms with van der Waals surface area (Å²) in [5, 5.41) is -0.163. The summed E-state index contributed by atoms with van der Waals surface area (Å²) in [4.78, 5) is 12.9. The third-order valence-corrected chi connectivity index (χ3v) is 4.60. The van der Waals surface area contributed by atoms with Crippen LogP contribution in [0.2, 0.25) is 0 Å². The Morgan fingerprint density at radius 1 is 1.22 bits per heavy atom. The maximum absolute atomic E-state index is 11.7. The molecule has 1 aromatic rings. The number of esters is 1. The van der Waals surface area contributed by atoms with E-state index >= 15 is 0 Å². The molecule has 0 heterocycles. The molecule has 0 aliphatic carbocycles. The first-order valence-corrected chi connectivity index (χ1v) is 7.17. The summed E-state index contributed by atoms with van der Waals surface area (Å²) < 4.78 is 5.06. The maximum Gasteiger partial charge on any atom is 0.319 e. The van der Waals surface area contributed by atoms with Crippen molar-refractivity contribution in [3.63, 3.8) is 0 Å².